The van der Waals surface area contributed by atoms with Crippen molar-refractivity contribution in [3.05, 3.63) is 0 Å². The maximum Gasteiger partial charge on any atom is 0.0618 e. The fourth-order valence-electron chi connectivity index (χ4n) is 1.12. The van der Waals surface area contributed by atoms with Gasteiger partial charge in [-0.15, -0.1) is 0 Å². The van der Waals surface area contributed by atoms with E-state index in [0.717, 1.165) is 12.8 Å². The van der Waals surface area contributed by atoms with E-state index < -0.39 is 9.73 Å². The van der Waals surface area contributed by atoms with Crippen molar-refractivity contribution in [1.29, 1.82) is 0 Å². The van der Waals surface area contributed by atoms with E-state index in [9.17, 15) is 4.21 Å². The lowest BCUT2D eigenvalue weighted by atomic mass is 10.1. The third-order valence-electron chi connectivity index (χ3n) is 1.60. The Bertz CT molecular complexity index is 252. The lowest BCUT2D eigenvalue weighted by Crippen LogP contribution is -2.16. The second-order valence-corrected chi connectivity index (χ2v) is 6.89. The molecule has 66 valence electrons. The van der Waals surface area contributed by atoms with Gasteiger partial charge in [0.2, 0.25) is 0 Å². The maximum atomic E-state index is 11.8. The van der Waals surface area contributed by atoms with Crippen LogP contribution in [-0.2, 0) is 9.73 Å². The Kier molecular flexibility index (Phi) is 2.03. The molecule has 0 unspecified atom stereocenters. The van der Waals surface area contributed by atoms with E-state index in [4.69, 9.17) is 0 Å². The van der Waals surface area contributed by atoms with Gasteiger partial charge >= 0.3 is 0 Å². The highest BCUT2D eigenvalue weighted by atomic mass is 32.2. The summed E-state index contributed by atoms with van der Waals surface area (Å²) in [7, 11) is -1.87. The predicted molar refractivity (Wildman–Crippen MR) is 49.3 cm³/mol. The highest BCUT2D eigenvalue weighted by molar-refractivity contribution is 7.93. The topological polar surface area (TPSA) is 29.4 Å². The zero-order valence-electron chi connectivity index (χ0n) is 7.76. The Morgan fingerprint density at radius 1 is 1.36 bits per heavy atom. The van der Waals surface area contributed by atoms with Crippen molar-refractivity contribution >= 4 is 9.73 Å². The monoisotopic (exact) mass is 175 g/mol. The van der Waals surface area contributed by atoms with Crippen molar-refractivity contribution in [2.45, 2.75) is 44.4 Å². The minimum atomic E-state index is -1.87. The predicted octanol–water partition coefficient (Wildman–Crippen LogP) is 2.05. The van der Waals surface area contributed by atoms with E-state index in [-0.39, 0.29) is 5.54 Å². The van der Waals surface area contributed by atoms with Crippen LogP contribution >= 0.6 is 0 Å². The standard InChI is InChI=1S/C8H17NOS/c1-8(2,3)9-11(4,10)7-5-6-7/h7H,5-6H2,1-4H3/t11-/m1/s1. The van der Waals surface area contributed by atoms with Crippen LogP contribution in [0.5, 0.6) is 0 Å². The van der Waals surface area contributed by atoms with E-state index in [2.05, 4.69) is 4.36 Å². The minimum absolute atomic E-state index is 0.144. The molecule has 0 aromatic carbocycles. The van der Waals surface area contributed by atoms with E-state index in [0.29, 0.717) is 5.25 Å². The van der Waals surface area contributed by atoms with Crippen molar-refractivity contribution in [3.8, 4) is 0 Å². The Labute approximate surface area is 69.6 Å². The van der Waals surface area contributed by atoms with Gasteiger partial charge in [0, 0.05) is 21.2 Å². The highest BCUT2D eigenvalue weighted by Crippen LogP contribution is 2.30. The first kappa shape index (κ1) is 9.04. The van der Waals surface area contributed by atoms with Gasteiger partial charge in [-0.1, -0.05) is 0 Å². The molecule has 1 saturated carbocycles. The van der Waals surface area contributed by atoms with E-state index in [1.807, 2.05) is 20.8 Å². The molecule has 0 radical (unpaired) electrons. The number of hydrogen-bond donors (Lipinski definition) is 0. The molecule has 0 aromatic rings. The van der Waals surface area contributed by atoms with E-state index >= 15 is 0 Å². The van der Waals surface area contributed by atoms with Gasteiger partial charge in [0.15, 0.2) is 0 Å². The van der Waals surface area contributed by atoms with Crippen molar-refractivity contribution in [2.75, 3.05) is 6.26 Å². The average molecular weight is 175 g/mol. The summed E-state index contributed by atoms with van der Waals surface area (Å²) in [5.74, 6) is 0. The first-order valence-corrected chi connectivity index (χ1v) is 6.02. The summed E-state index contributed by atoms with van der Waals surface area (Å²) < 4.78 is 16.1. The molecule has 0 bridgehead atoms. The number of rotatable bonds is 1. The fourth-order valence-corrected chi connectivity index (χ4v) is 3.37. The van der Waals surface area contributed by atoms with Gasteiger partial charge in [-0.2, -0.15) is 0 Å². The molecule has 2 nitrogen and oxygen atoms in total. The van der Waals surface area contributed by atoms with Crippen molar-refractivity contribution in [2.24, 2.45) is 4.36 Å². The molecular formula is C8H17NOS. The SMILES string of the molecule is CC(C)(C)N=[S@](C)(=O)C1CC1. The molecule has 0 heterocycles. The molecule has 3 heteroatoms. The molecule has 0 N–H and O–H groups in total. The van der Waals surface area contributed by atoms with Gasteiger partial charge in [-0.25, -0.2) is 8.57 Å². The molecule has 0 spiro atoms. The van der Waals surface area contributed by atoms with Crippen LogP contribution < -0.4 is 0 Å². The summed E-state index contributed by atoms with van der Waals surface area (Å²) in [5.41, 5.74) is -0.144. The lowest BCUT2D eigenvalue weighted by Gasteiger charge is -2.14. The van der Waals surface area contributed by atoms with Crippen LogP contribution in [0.4, 0.5) is 0 Å². The van der Waals surface area contributed by atoms with Crippen LogP contribution in [0.25, 0.3) is 0 Å². The van der Waals surface area contributed by atoms with Crippen molar-refractivity contribution < 1.29 is 4.21 Å². The molecule has 0 aromatic heterocycles. The van der Waals surface area contributed by atoms with Gasteiger partial charge in [-0.3, -0.25) is 0 Å². The van der Waals surface area contributed by atoms with E-state index in [1.165, 1.54) is 0 Å². The Morgan fingerprint density at radius 3 is 2.09 bits per heavy atom. The van der Waals surface area contributed by atoms with Crippen LogP contribution in [0.1, 0.15) is 33.6 Å². The van der Waals surface area contributed by atoms with Crippen molar-refractivity contribution in [1.82, 2.24) is 0 Å². The molecule has 1 fully saturated rings. The normalized spacial score (nSPS) is 24.4. The molecule has 0 amide bonds. The van der Waals surface area contributed by atoms with Gasteiger partial charge < -0.3 is 0 Å². The molecule has 1 aliphatic carbocycles. The smallest absolute Gasteiger partial charge is 0.0618 e. The van der Waals surface area contributed by atoms with Crippen LogP contribution in [0, 0.1) is 0 Å². The molecular weight excluding hydrogens is 158 g/mol. The van der Waals surface area contributed by atoms with Crippen LogP contribution in [0.2, 0.25) is 0 Å². The summed E-state index contributed by atoms with van der Waals surface area (Å²) >= 11 is 0. The molecule has 1 atom stereocenters. The summed E-state index contributed by atoms with van der Waals surface area (Å²) in [6.07, 6.45) is 4.00. The van der Waals surface area contributed by atoms with Crippen LogP contribution in [0.3, 0.4) is 0 Å². The highest BCUT2D eigenvalue weighted by Gasteiger charge is 2.31. The minimum Gasteiger partial charge on any atom is -0.250 e. The average Bonchev–Trinajstić information content (AvgIpc) is 2.30. The van der Waals surface area contributed by atoms with Gasteiger partial charge in [0.05, 0.1) is 5.54 Å². The Hall–Kier alpha value is -0.0500. The second-order valence-electron chi connectivity index (χ2n) is 4.32. The first-order chi connectivity index (χ1) is 4.81. The third kappa shape index (κ3) is 2.81. The number of hydrogen-bond acceptors (Lipinski definition) is 2. The summed E-state index contributed by atoms with van der Waals surface area (Å²) in [6.45, 7) is 6.00. The third-order valence-corrected chi connectivity index (χ3v) is 4.22. The maximum absolute atomic E-state index is 11.8. The lowest BCUT2D eigenvalue weighted by molar-refractivity contribution is 0.581. The molecule has 0 aliphatic heterocycles. The molecule has 0 saturated heterocycles. The largest absolute Gasteiger partial charge is 0.250 e. The number of nitrogens with zero attached hydrogens (tertiary/aromatic N) is 1. The van der Waals surface area contributed by atoms with Crippen molar-refractivity contribution in [3.63, 3.8) is 0 Å². The van der Waals surface area contributed by atoms with Gasteiger partial charge in [-0.05, 0) is 33.6 Å². The summed E-state index contributed by atoms with van der Waals surface area (Å²) in [6, 6.07) is 0. The quantitative estimate of drug-likeness (QED) is 0.599. The summed E-state index contributed by atoms with van der Waals surface area (Å²) in [4.78, 5) is 0. The van der Waals surface area contributed by atoms with Crippen LogP contribution in [0.15, 0.2) is 4.36 Å². The zero-order chi connectivity index (χ0) is 8.70. The first-order valence-electron chi connectivity index (χ1n) is 4.03. The zero-order valence-corrected chi connectivity index (χ0v) is 8.57. The molecule has 11 heavy (non-hydrogen) atoms. The van der Waals surface area contributed by atoms with E-state index in [1.54, 1.807) is 6.26 Å². The molecule has 1 aliphatic rings. The summed E-state index contributed by atoms with van der Waals surface area (Å²) in [5, 5.41) is 0.390. The molecule has 1 rings (SSSR count). The van der Waals surface area contributed by atoms with Gasteiger partial charge in [0.1, 0.15) is 0 Å². The Morgan fingerprint density at radius 2 is 1.82 bits per heavy atom. The Balaban J connectivity index is 2.86. The fraction of sp³-hybridized carbons (Fsp3) is 1.00. The second kappa shape index (κ2) is 2.47. The van der Waals surface area contributed by atoms with Crippen LogP contribution in [-0.4, -0.2) is 21.3 Å². The van der Waals surface area contributed by atoms with Gasteiger partial charge in [0.25, 0.3) is 0 Å².